The Morgan fingerprint density at radius 2 is 1.86 bits per heavy atom. The third-order valence-electron chi connectivity index (χ3n) is 6.16. The lowest BCUT2D eigenvalue weighted by Gasteiger charge is -2.42. The number of esters is 1. The molecule has 0 radical (unpaired) electrons. The average Bonchev–Trinajstić information content (AvgIpc) is 2.86. The number of amides is 3. The van der Waals surface area contributed by atoms with E-state index in [1.165, 1.54) is 7.11 Å². The molecule has 182 valence electrons. The van der Waals surface area contributed by atoms with Crippen LogP contribution in [-0.2, 0) is 14.3 Å². The normalized spacial score (nSPS) is 21.2. The molecule has 10 nitrogen and oxygen atoms in total. The van der Waals surface area contributed by atoms with Crippen LogP contribution < -0.4 is 15.4 Å². The van der Waals surface area contributed by atoms with Crippen LogP contribution in [0.3, 0.4) is 0 Å². The molecule has 0 aromatic heterocycles. The number of urea groups is 1. The van der Waals surface area contributed by atoms with E-state index in [0.29, 0.717) is 41.1 Å². The van der Waals surface area contributed by atoms with E-state index in [9.17, 15) is 14.4 Å². The lowest BCUT2D eigenvalue weighted by atomic mass is 9.94. The summed E-state index contributed by atoms with van der Waals surface area (Å²) in [6.07, 6.45) is 0.788. The maximum atomic E-state index is 13.3. The van der Waals surface area contributed by atoms with Gasteiger partial charge in [0.2, 0.25) is 0 Å². The number of carbonyl (C=O) groups is 3. The van der Waals surface area contributed by atoms with E-state index in [1.54, 1.807) is 54.4 Å². The van der Waals surface area contributed by atoms with Crippen molar-refractivity contribution in [3.8, 4) is 11.8 Å². The summed E-state index contributed by atoms with van der Waals surface area (Å²) in [4.78, 5) is 39.0. The molecule has 35 heavy (non-hydrogen) atoms. The Bertz CT molecular complexity index is 1160. The van der Waals surface area contributed by atoms with Crippen molar-refractivity contribution < 1.29 is 28.6 Å². The van der Waals surface area contributed by atoms with Gasteiger partial charge in [-0.2, -0.15) is 5.26 Å². The minimum atomic E-state index is -0.486. The van der Waals surface area contributed by atoms with Gasteiger partial charge < -0.3 is 29.7 Å². The number of anilines is 2. The van der Waals surface area contributed by atoms with E-state index in [-0.39, 0.29) is 43.2 Å². The summed E-state index contributed by atoms with van der Waals surface area (Å²) in [5.41, 5.74) is 1.78. The third-order valence-corrected chi connectivity index (χ3v) is 6.16. The number of nitrogens with zero attached hydrogens (tertiary/aromatic N) is 2. The highest BCUT2D eigenvalue weighted by atomic mass is 16.5. The maximum Gasteiger partial charge on any atom is 0.323 e. The summed E-state index contributed by atoms with van der Waals surface area (Å²) in [5, 5.41) is 14.3. The molecule has 0 aliphatic carbocycles. The number of rotatable bonds is 4. The van der Waals surface area contributed by atoms with E-state index >= 15 is 0 Å². The first-order chi connectivity index (χ1) is 16.9. The zero-order chi connectivity index (χ0) is 24.9. The molecule has 2 aromatic carbocycles. The number of nitriles is 1. The molecule has 0 unspecified atom stereocenters. The second-order valence-corrected chi connectivity index (χ2v) is 8.43. The minimum Gasteiger partial charge on any atom is -0.490 e. The largest absolute Gasteiger partial charge is 0.490 e. The molecule has 1 saturated heterocycles. The minimum absolute atomic E-state index is 0.160. The smallest absolute Gasteiger partial charge is 0.323 e. The number of ether oxygens (including phenoxy) is 3. The highest BCUT2D eigenvalue weighted by molar-refractivity contribution is 6.02. The summed E-state index contributed by atoms with van der Waals surface area (Å²) >= 11 is 0. The van der Waals surface area contributed by atoms with Crippen molar-refractivity contribution in [3.63, 3.8) is 0 Å². The van der Waals surface area contributed by atoms with E-state index in [1.807, 2.05) is 6.07 Å². The molecule has 2 aliphatic rings. The summed E-state index contributed by atoms with van der Waals surface area (Å²) < 4.78 is 16.7. The van der Waals surface area contributed by atoms with Gasteiger partial charge in [-0.25, -0.2) is 4.79 Å². The van der Waals surface area contributed by atoms with Crippen LogP contribution in [0.5, 0.6) is 5.75 Å². The van der Waals surface area contributed by atoms with Crippen molar-refractivity contribution in [3.05, 3.63) is 53.6 Å². The number of methoxy groups -OCH3 is 1. The highest BCUT2D eigenvalue weighted by Crippen LogP contribution is 2.32. The van der Waals surface area contributed by atoms with Gasteiger partial charge in [0.05, 0.1) is 42.9 Å². The third kappa shape index (κ3) is 5.53. The van der Waals surface area contributed by atoms with Crippen LogP contribution in [0, 0.1) is 11.3 Å². The SMILES string of the molecule is COC(=O)C[C@@H]1CC[C@@H]2[C@H](COc3ccc(NC(=O)Nc4ccc(C#N)cc4)cc3C(=O)N2C)O1. The monoisotopic (exact) mass is 478 g/mol. The van der Waals surface area contributed by atoms with Crippen LogP contribution in [0.1, 0.15) is 35.2 Å². The zero-order valence-electron chi connectivity index (χ0n) is 19.4. The van der Waals surface area contributed by atoms with Gasteiger partial charge in [0.15, 0.2) is 0 Å². The van der Waals surface area contributed by atoms with Crippen molar-refractivity contribution >= 4 is 29.3 Å². The Labute approximate surface area is 202 Å². The van der Waals surface area contributed by atoms with Gasteiger partial charge >= 0.3 is 12.0 Å². The van der Waals surface area contributed by atoms with E-state index in [4.69, 9.17) is 19.5 Å². The number of nitrogens with one attached hydrogen (secondary N) is 2. The highest BCUT2D eigenvalue weighted by Gasteiger charge is 2.39. The molecule has 3 amide bonds. The van der Waals surface area contributed by atoms with Crippen LogP contribution in [0.15, 0.2) is 42.5 Å². The Morgan fingerprint density at radius 3 is 2.57 bits per heavy atom. The molecule has 2 aliphatic heterocycles. The van der Waals surface area contributed by atoms with E-state index in [0.717, 1.165) is 0 Å². The van der Waals surface area contributed by atoms with Gasteiger partial charge in [0.25, 0.3) is 5.91 Å². The second-order valence-electron chi connectivity index (χ2n) is 8.43. The van der Waals surface area contributed by atoms with Crippen molar-refractivity contribution in [2.24, 2.45) is 0 Å². The van der Waals surface area contributed by atoms with Crippen LogP contribution in [0.25, 0.3) is 0 Å². The summed E-state index contributed by atoms with van der Waals surface area (Å²) in [6, 6.07) is 12.6. The van der Waals surface area contributed by atoms with Gasteiger partial charge in [-0.05, 0) is 55.3 Å². The zero-order valence-corrected chi connectivity index (χ0v) is 19.4. The fourth-order valence-corrected chi connectivity index (χ4v) is 4.30. The van der Waals surface area contributed by atoms with Gasteiger partial charge in [0.1, 0.15) is 18.5 Å². The number of hydrogen-bond donors (Lipinski definition) is 2. The fraction of sp³-hybridized carbons (Fsp3) is 0.360. The molecule has 2 heterocycles. The maximum absolute atomic E-state index is 13.3. The first kappa shape index (κ1) is 24.0. The number of benzene rings is 2. The number of likely N-dealkylation sites (N-methyl/N-ethyl adjacent to an activating group) is 1. The summed E-state index contributed by atoms with van der Waals surface area (Å²) in [5.74, 6) is -0.198. The van der Waals surface area contributed by atoms with Crippen molar-refractivity contribution in [2.75, 3.05) is 31.4 Å². The number of carbonyl (C=O) groups excluding carboxylic acids is 3. The van der Waals surface area contributed by atoms with Gasteiger partial charge in [0, 0.05) is 18.4 Å². The lowest BCUT2D eigenvalue weighted by Crippen LogP contribution is -2.53. The molecule has 10 heteroatoms. The van der Waals surface area contributed by atoms with Crippen LogP contribution in [0.4, 0.5) is 16.2 Å². The molecular weight excluding hydrogens is 452 g/mol. The quantitative estimate of drug-likeness (QED) is 0.646. The van der Waals surface area contributed by atoms with Gasteiger partial charge in [-0.15, -0.1) is 0 Å². The predicted octanol–water partition coefficient (Wildman–Crippen LogP) is 3.15. The number of hydrogen-bond acceptors (Lipinski definition) is 7. The molecule has 0 spiro atoms. The Kier molecular flexibility index (Phi) is 7.17. The van der Waals surface area contributed by atoms with Gasteiger partial charge in [-0.1, -0.05) is 0 Å². The Hall–Kier alpha value is -4.10. The van der Waals surface area contributed by atoms with Crippen molar-refractivity contribution in [1.82, 2.24) is 4.90 Å². The summed E-state index contributed by atoms with van der Waals surface area (Å²) in [7, 11) is 3.06. The Balaban J connectivity index is 1.45. The van der Waals surface area contributed by atoms with Crippen LogP contribution >= 0.6 is 0 Å². The number of fused-ring (bicyclic) bond motifs is 2. The molecule has 4 rings (SSSR count). The fourth-order valence-electron chi connectivity index (χ4n) is 4.30. The van der Waals surface area contributed by atoms with Crippen LogP contribution in [0.2, 0.25) is 0 Å². The first-order valence-corrected chi connectivity index (χ1v) is 11.2. The van der Waals surface area contributed by atoms with Crippen molar-refractivity contribution in [2.45, 2.75) is 37.5 Å². The molecule has 2 N–H and O–H groups in total. The van der Waals surface area contributed by atoms with Gasteiger partial charge in [-0.3, -0.25) is 9.59 Å². The standard InChI is InChI=1S/C25H26N4O6/c1-29-20-9-8-18(12-23(30)33-2)35-22(20)14-34-21-10-7-17(11-19(21)24(29)31)28-25(32)27-16-5-3-15(13-26)4-6-16/h3-7,10-11,18,20,22H,8-9,12,14H2,1-2H3,(H2,27,28,32)/t18-,20+,22-/m0/s1. The molecule has 3 atom stereocenters. The topological polar surface area (TPSA) is 130 Å². The molecule has 0 bridgehead atoms. The van der Waals surface area contributed by atoms with E-state index < -0.39 is 6.03 Å². The average molecular weight is 479 g/mol. The Morgan fingerprint density at radius 1 is 1.14 bits per heavy atom. The second kappa shape index (κ2) is 10.4. The van der Waals surface area contributed by atoms with Crippen molar-refractivity contribution in [1.29, 1.82) is 5.26 Å². The van der Waals surface area contributed by atoms with E-state index in [2.05, 4.69) is 10.6 Å². The molecular formula is C25H26N4O6. The first-order valence-electron chi connectivity index (χ1n) is 11.2. The molecule has 0 saturated carbocycles. The van der Waals surface area contributed by atoms with Crippen LogP contribution in [-0.4, -0.2) is 61.8 Å². The predicted molar refractivity (Wildman–Crippen MR) is 126 cm³/mol. The summed E-state index contributed by atoms with van der Waals surface area (Å²) in [6.45, 7) is 0.221. The molecule has 2 aromatic rings. The lowest BCUT2D eigenvalue weighted by molar-refractivity contribution is -0.151. The molecule has 1 fully saturated rings.